The molecular formula is C31H33F3N6O7. The van der Waals surface area contributed by atoms with E-state index in [1.807, 2.05) is 13.8 Å². The summed E-state index contributed by atoms with van der Waals surface area (Å²) >= 11 is 0. The molecule has 250 valence electrons. The fourth-order valence-electron chi connectivity index (χ4n) is 3.91. The van der Waals surface area contributed by atoms with Crippen molar-refractivity contribution < 1.29 is 46.6 Å². The maximum absolute atomic E-state index is 13.5. The summed E-state index contributed by atoms with van der Waals surface area (Å²) in [7, 11) is 0. The third-order valence-electron chi connectivity index (χ3n) is 6.03. The van der Waals surface area contributed by atoms with E-state index >= 15 is 0 Å². The SMILES string of the molecule is CCOc1cc(C(Nc2ccc(C(=N)N)cc2)C(=O)NNC(=O)c2ccc(NC(=O)COC(=O)C(F)(F)F)cc2)ccc1OC(C)C. The number of esters is 1. The first-order valence-electron chi connectivity index (χ1n) is 14.1. The minimum atomic E-state index is -5.23. The molecule has 0 aromatic heterocycles. The van der Waals surface area contributed by atoms with Crippen molar-refractivity contribution in [3.63, 3.8) is 0 Å². The zero-order valence-corrected chi connectivity index (χ0v) is 25.5. The van der Waals surface area contributed by atoms with Gasteiger partial charge in [0, 0.05) is 22.5 Å². The van der Waals surface area contributed by atoms with Crippen LogP contribution in [-0.4, -0.2) is 55.0 Å². The maximum atomic E-state index is 13.5. The summed E-state index contributed by atoms with van der Waals surface area (Å²) in [6.07, 6.45) is -5.37. The zero-order valence-electron chi connectivity index (χ0n) is 25.5. The quantitative estimate of drug-likeness (QED) is 0.0685. The summed E-state index contributed by atoms with van der Waals surface area (Å²) < 4.78 is 52.1. The van der Waals surface area contributed by atoms with Gasteiger partial charge in [0.2, 0.25) is 0 Å². The second-order valence-corrected chi connectivity index (χ2v) is 10.0. The molecule has 1 unspecified atom stereocenters. The smallest absolute Gasteiger partial charge is 0.490 e. The normalized spacial score (nSPS) is 11.6. The van der Waals surface area contributed by atoms with Crippen molar-refractivity contribution in [2.24, 2.45) is 5.73 Å². The van der Waals surface area contributed by atoms with Crippen molar-refractivity contribution in [3.05, 3.63) is 83.4 Å². The number of amidine groups is 1. The summed E-state index contributed by atoms with van der Waals surface area (Å²) in [5, 5.41) is 12.9. The number of nitrogens with one attached hydrogen (secondary N) is 5. The Hall–Kier alpha value is -5.80. The largest absolute Gasteiger partial charge is 0.490 e. The summed E-state index contributed by atoms with van der Waals surface area (Å²) in [6.45, 7) is 4.69. The Kier molecular flexibility index (Phi) is 12.1. The number of hydrogen-bond donors (Lipinski definition) is 6. The molecule has 7 N–H and O–H groups in total. The van der Waals surface area contributed by atoms with E-state index in [0.29, 0.717) is 34.9 Å². The molecule has 0 saturated heterocycles. The van der Waals surface area contributed by atoms with Gasteiger partial charge in [-0.2, -0.15) is 13.2 Å². The number of ether oxygens (including phenoxy) is 3. The Balaban J connectivity index is 1.73. The minimum absolute atomic E-state index is 0.0601. The van der Waals surface area contributed by atoms with Crippen LogP contribution in [0.1, 0.15) is 48.3 Å². The highest BCUT2D eigenvalue weighted by atomic mass is 19.4. The van der Waals surface area contributed by atoms with E-state index in [2.05, 4.69) is 26.2 Å². The van der Waals surface area contributed by atoms with Crippen molar-refractivity contribution in [2.75, 3.05) is 23.8 Å². The first-order chi connectivity index (χ1) is 22.2. The first kappa shape index (κ1) is 35.7. The zero-order chi connectivity index (χ0) is 34.7. The summed E-state index contributed by atoms with van der Waals surface area (Å²) in [6, 6.07) is 15.5. The van der Waals surface area contributed by atoms with Crippen LogP contribution in [0, 0.1) is 5.41 Å². The predicted molar refractivity (Wildman–Crippen MR) is 165 cm³/mol. The maximum Gasteiger partial charge on any atom is 0.490 e. The number of nitrogens with two attached hydrogens (primary N) is 1. The molecule has 3 aromatic rings. The lowest BCUT2D eigenvalue weighted by Gasteiger charge is -2.22. The van der Waals surface area contributed by atoms with Gasteiger partial charge in [0.1, 0.15) is 11.9 Å². The van der Waals surface area contributed by atoms with Crippen LogP contribution in [0.2, 0.25) is 0 Å². The number of benzene rings is 3. The fourth-order valence-corrected chi connectivity index (χ4v) is 3.91. The molecule has 3 aromatic carbocycles. The Morgan fingerprint density at radius 1 is 0.872 bits per heavy atom. The number of halogens is 3. The number of nitrogen functional groups attached to an aromatic ring is 1. The lowest BCUT2D eigenvalue weighted by Crippen LogP contribution is -2.45. The second-order valence-electron chi connectivity index (χ2n) is 10.0. The number of hydrogen-bond acceptors (Lipinski definition) is 9. The van der Waals surface area contributed by atoms with Crippen molar-refractivity contribution in [1.29, 1.82) is 5.41 Å². The molecule has 47 heavy (non-hydrogen) atoms. The number of anilines is 2. The van der Waals surface area contributed by atoms with Gasteiger partial charge >= 0.3 is 12.1 Å². The van der Waals surface area contributed by atoms with Crippen LogP contribution in [0.15, 0.2) is 66.7 Å². The van der Waals surface area contributed by atoms with E-state index in [0.717, 1.165) is 0 Å². The average molecular weight is 659 g/mol. The lowest BCUT2D eigenvalue weighted by atomic mass is 10.0. The van der Waals surface area contributed by atoms with Crippen LogP contribution in [0.25, 0.3) is 0 Å². The minimum Gasteiger partial charge on any atom is -0.490 e. The average Bonchev–Trinajstić information content (AvgIpc) is 3.02. The number of amides is 3. The monoisotopic (exact) mass is 658 g/mol. The molecule has 0 bridgehead atoms. The topological polar surface area (TPSA) is 194 Å². The molecule has 0 heterocycles. The third-order valence-corrected chi connectivity index (χ3v) is 6.03. The molecule has 0 saturated carbocycles. The highest BCUT2D eigenvalue weighted by molar-refractivity contribution is 5.98. The van der Waals surface area contributed by atoms with Gasteiger partial charge in [-0.3, -0.25) is 30.6 Å². The Labute approximate surface area is 267 Å². The molecule has 0 spiro atoms. The predicted octanol–water partition coefficient (Wildman–Crippen LogP) is 3.81. The first-order valence-corrected chi connectivity index (χ1v) is 14.1. The highest BCUT2D eigenvalue weighted by Gasteiger charge is 2.41. The van der Waals surface area contributed by atoms with Gasteiger partial charge in [0.15, 0.2) is 18.1 Å². The van der Waals surface area contributed by atoms with Gasteiger partial charge < -0.3 is 30.6 Å². The van der Waals surface area contributed by atoms with Crippen LogP contribution in [-0.2, 0) is 19.1 Å². The van der Waals surface area contributed by atoms with Gasteiger partial charge in [0.05, 0.1) is 12.7 Å². The molecule has 0 radical (unpaired) electrons. The number of alkyl halides is 3. The third kappa shape index (κ3) is 10.7. The van der Waals surface area contributed by atoms with E-state index < -0.39 is 42.5 Å². The Morgan fingerprint density at radius 2 is 1.49 bits per heavy atom. The Morgan fingerprint density at radius 3 is 2.06 bits per heavy atom. The molecule has 13 nitrogen and oxygen atoms in total. The number of carbonyl (C=O) groups excluding carboxylic acids is 4. The van der Waals surface area contributed by atoms with Gasteiger partial charge in [0.25, 0.3) is 17.7 Å². The molecule has 16 heteroatoms. The number of hydrazine groups is 1. The van der Waals surface area contributed by atoms with Crippen LogP contribution in [0.5, 0.6) is 11.5 Å². The fraction of sp³-hybridized carbons (Fsp3) is 0.258. The Bertz CT molecular complexity index is 1600. The van der Waals surface area contributed by atoms with E-state index in [9.17, 15) is 32.3 Å². The van der Waals surface area contributed by atoms with Crippen LogP contribution >= 0.6 is 0 Å². The molecule has 0 fully saturated rings. The molecule has 3 rings (SSSR count). The van der Waals surface area contributed by atoms with E-state index in [4.69, 9.17) is 20.6 Å². The van der Waals surface area contributed by atoms with Gasteiger partial charge in [-0.1, -0.05) is 6.07 Å². The van der Waals surface area contributed by atoms with Gasteiger partial charge in [-0.25, -0.2) is 4.79 Å². The molecule has 3 amide bonds. The lowest BCUT2D eigenvalue weighted by molar-refractivity contribution is -0.199. The van der Waals surface area contributed by atoms with Gasteiger partial charge in [-0.05, 0) is 87.0 Å². The molecule has 0 aliphatic carbocycles. The standard InChI is InChI=1S/C31H33F3N6O7/c1-4-45-24-15-20(9-14-23(24)47-17(2)3)26(38-22-10-5-18(6-11-22)27(35)36)29(43)40-39-28(42)19-7-12-21(13-8-19)37-25(41)16-46-30(44)31(32,33)34/h5-15,17,26,38H,4,16H2,1-3H3,(H3,35,36)(H,37,41)(H,39,42)(H,40,43). The van der Waals surface area contributed by atoms with E-state index in [1.54, 1.807) is 49.4 Å². The summed E-state index contributed by atoms with van der Waals surface area (Å²) in [5.41, 5.74) is 11.8. The second kappa shape index (κ2) is 16.0. The molecule has 0 aliphatic rings. The van der Waals surface area contributed by atoms with Crippen LogP contribution in [0.3, 0.4) is 0 Å². The molecular weight excluding hydrogens is 625 g/mol. The van der Waals surface area contributed by atoms with Crippen molar-refractivity contribution >= 4 is 40.9 Å². The van der Waals surface area contributed by atoms with E-state index in [-0.39, 0.29) is 23.2 Å². The summed E-state index contributed by atoms with van der Waals surface area (Å²) in [4.78, 5) is 48.8. The number of carbonyl (C=O) groups is 4. The highest BCUT2D eigenvalue weighted by Crippen LogP contribution is 2.33. The van der Waals surface area contributed by atoms with E-state index in [1.165, 1.54) is 24.3 Å². The number of rotatable bonds is 13. The van der Waals surface area contributed by atoms with Crippen LogP contribution in [0.4, 0.5) is 24.5 Å². The van der Waals surface area contributed by atoms with Gasteiger partial charge in [-0.15, -0.1) is 0 Å². The van der Waals surface area contributed by atoms with Crippen LogP contribution < -0.4 is 36.7 Å². The molecule has 1 atom stereocenters. The molecule has 0 aliphatic heterocycles. The van der Waals surface area contributed by atoms with Crippen molar-refractivity contribution in [2.45, 2.75) is 39.1 Å². The summed E-state index contributed by atoms with van der Waals surface area (Å²) in [5.74, 6) is -4.17. The van der Waals surface area contributed by atoms with Crippen molar-refractivity contribution in [1.82, 2.24) is 10.9 Å². The van der Waals surface area contributed by atoms with Crippen molar-refractivity contribution in [3.8, 4) is 11.5 Å².